The van der Waals surface area contributed by atoms with Crippen molar-refractivity contribution in [3.8, 4) is 33.8 Å². The molecule has 0 aliphatic rings. The summed E-state index contributed by atoms with van der Waals surface area (Å²) < 4.78 is 1.83. The van der Waals surface area contributed by atoms with E-state index >= 15 is 0 Å². The molecule has 0 radical (unpaired) electrons. The number of primary amides is 1. The van der Waals surface area contributed by atoms with Gasteiger partial charge in [-0.15, -0.1) is 0 Å². The lowest BCUT2D eigenvalue weighted by molar-refractivity contribution is 0.100. The molecule has 0 atom stereocenters. The largest absolute Gasteiger partial charge is 0.366 e. The van der Waals surface area contributed by atoms with E-state index in [1.54, 1.807) is 24.5 Å². The fourth-order valence-corrected chi connectivity index (χ4v) is 4.31. The van der Waals surface area contributed by atoms with Gasteiger partial charge in [0.2, 0.25) is 5.95 Å². The second-order valence-corrected chi connectivity index (χ2v) is 8.36. The minimum absolute atomic E-state index is 0.363. The van der Waals surface area contributed by atoms with E-state index in [-0.39, 0.29) is 0 Å². The number of amides is 1. The van der Waals surface area contributed by atoms with Gasteiger partial charge in [0, 0.05) is 35.4 Å². The number of nitrogens with zero attached hydrogens (tertiary/aromatic N) is 5. The normalized spacial score (nSPS) is 10.9. The van der Waals surface area contributed by atoms with E-state index in [1.165, 1.54) is 0 Å². The van der Waals surface area contributed by atoms with E-state index in [9.17, 15) is 4.79 Å². The third-order valence-electron chi connectivity index (χ3n) is 5.96. The fraction of sp³-hybridized carbons (Fsp3) is 0. The molecular formula is C29H21N7O. The summed E-state index contributed by atoms with van der Waals surface area (Å²) in [4.78, 5) is 25.7. The van der Waals surface area contributed by atoms with Crippen LogP contribution in [0.3, 0.4) is 0 Å². The zero-order chi connectivity index (χ0) is 25.2. The van der Waals surface area contributed by atoms with Gasteiger partial charge < -0.3 is 11.1 Å². The van der Waals surface area contributed by atoms with Gasteiger partial charge in [-0.05, 0) is 48.5 Å². The number of aromatic nitrogens is 5. The lowest BCUT2D eigenvalue weighted by Gasteiger charge is -2.09. The van der Waals surface area contributed by atoms with Gasteiger partial charge in [0.25, 0.3) is 5.91 Å². The average Bonchev–Trinajstić information content (AvgIpc) is 3.34. The Morgan fingerprint density at radius 3 is 2.43 bits per heavy atom. The van der Waals surface area contributed by atoms with Crippen molar-refractivity contribution in [3.63, 3.8) is 0 Å². The van der Waals surface area contributed by atoms with Gasteiger partial charge in [-0.1, -0.05) is 42.5 Å². The van der Waals surface area contributed by atoms with Gasteiger partial charge in [-0.3, -0.25) is 9.78 Å². The molecule has 0 saturated heterocycles. The zero-order valence-corrected chi connectivity index (χ0v) is 19.6. The first-order valence-electron chi connectivity index (χ1n) is 11.7. The topological polar surface area (TPSA) is 111 Å². The number of nitrogens with one attached hydrogen (secondary N) is 1. The van der Waals surface area contributed by atoms with Crippen molar-refractivity contribution in [1.29, 1.82) is 0 Å². The van der Waals surface area contributed by atoms with E-state index in [4.69, 9.17) is 15.8 Å². The third-order valence-corrected chi connectivity index (χ3v) is 5.96. The Labute approximate surface area is 212 Å². The maximum atomic E-state index is 12.0. The van der Waals surface area contributed by atoms with Crippen molar-refractivity contribution in [2.75, 3.05) is 5.32 Å². The molecule has 6 rings (SSSR count). The van der Waals surface area contributed by atoms with Crippen molar-refractivity contribution in [1.82, 2.24) is 24.6 Å². The van der Waals surface area contributed by atoms with Crippen LogP contribution < -0.4 is 11.1 Å². The summed E-state index contributed by atoms with van der Waals surface area (Å²) >= 11 is 0. The van der Waals surface area contributed by atoms with Crippen molar-refractivity contribution in [3.05, 3.63) is 115 Å². The summed E-state index contributed by atoms with van der Waals surface area (Å²) in [5, 5.41) is 8.15. The molecule has 0 saturated carbocycles. The minimum Gasteiger partial charge on any atom is -0.366 e. The molecule has 4 aromatic heterocycles. The number of nitrogens with two attached hydrogens (primary N) is 1. The molecule has 2 aromatic carbocycles. The Morgan fingerprint density at radius 2 is 1.59 bits per heavy atom. The van der Waals surface area contributed by atoms with E-state index < -0.39 is 5.91 Å². The highest BCUT2D eigenvalue weighted by Gasteiger charge is 2.19. The Balaban J connectivity index is 1.49. The summed E-state index contributed by atoms with van der Waals surface area (Å²) in [5.41, 5.74) is 12.3. The summed E-state index contributed by atoms with van der Waals surface area (Å²) in [6.45, 7) is 0. The molecule has 0 bridgehead atoms. The van der Waals surface area contributed by atoms with Gasteiger partial charge in [-0.2, -0.15) is 5.10 Å². The second-order valence-electron chi connectivity index (χ2n) is 8.36. The van der Waals surface area contributed by atoms with Crippen molar-refractivity contribution in [2.24, 2.45) is 5.73 Å². The summed E-state index contributed by atoms with van der Waals surface area (Å²) in [6, 6.07) is 28.7. The molecule has 0 aliphatic carbocycles. The standard InChI is InChI=1S/C29H21N7O/c30-28(37)22-12-7-15-31-26(22)19-8-6-9-20(18-19)27-25(24-13-4-5-17-36(24)35-27)23-14-16-32-29(34-23)33-21-10-2-1-3-11-21/h1-18H,(H2,30,37)(H,32,33,34). The highest BCUT2D eigenvalue weighted by Crippen LogP contribution is 2.36. The highest BCUT2D eigenvalue weighted by molar-refractivity contribution is 5.99. The fourth-order valence-electron chi connectivity index (χ4n) is 4.31. The highest BCUT2D eigenvalue weighted by atomic mass is 16.1. The number of para-hydroxylation sites is 1. The molecule has 1 amide bonds. The van der Waals surface area contributed by atoms with Gasteiger partial charge in [0.15, 0.2) is 0 Å². The molecule has 0 fully saturated rings. The summed E-state index contributed by atoms with van der Waals surface area (Å²) in [6.07, 6.45) is 5.28. The van der Waals surface area contributed by atoms with E-state index in [2.05, 4.69) is 15.3 Å². The molecular weight excluding hydrogens is 462 g/mol. The molecule has 6 aromatic rings. The van der Waals surface area contributed by atoms with Crippen molar-refractivity contribution >= 4 is 23.1 Å². The lowest BCUT2D eigenvalue weighted by Crippen LogP contribution is -2.13. The van der Waals surface area contributed by atoms with Crippen LogP contribution in [0.4, 0.5) is 11.6 Å². The Hall–Kier alpha value is -5.37. The van der Waals surface area contributed by atoms with Gasteiger partial charge >= 0.3 is 0 Å². The third kappa shape index (κ3) is 4.28. The lowest BCUT2D eigenvalue weighted by atomic mass is 9.99. The van der Waals surface area contributed by atoms with Crippen LogP contribution in [0.1, 0.15) is 10.4 Å². The number of carbonyl (C=O) groups excluding carboxylic acids is 1. The maximum Gasteiger partial charge on any atom is 0.250 e. The smallest absolute Gasteiger partial charge is 0.250 e. The molecule has 0 unspecified atom stereocenters. The van der Waals surface area contributed by atoms with Crippen LogP contribution in [0.2, 0.25) is 0 Å². The van der Waals surface area contributed by atoms with Crippen LogP contribution in [-0.2, 0) is 0 Å². The molecule has 8 heteroatoms. The molecule has 37 heavy (non-hydrogen) atoms. The second kappa shape index (κ2) is 9.35. The molecule has 8 nitrogen and oxygen atoms in total. The number of rotatable bonds is 6. The average molecular weight is 484 g/mol. The number of hydrogen-bond acceptors (Lipinski definition) is 6. The van der Waals surface area contributed by atoms with E-state index in [0.29, 0.717) is 17.2 Å². The van der Waals surface area contributed by atoms with Gasteiger partial charge in [-0.25, -0.2) is 14.5 Å². The first-order chi connectivity index (χ1) is 18.2. The maximum absolute atomic E-state index is 12.0. The number of benzene rings is 2. The first-order valence-corrected chi connectivity index (χ1v) is 11.7. The van der Waals surface area contributed by atoms with Crippen LogP contribution >= 0.6 is 0 Å². The number of fused-ring (bicyclic) bond motifs is 1. The summed E-state index contributed by atoms with van der Waals surface area (Å²) in [7, 11) is 0. The van der Waals surface area contributed by atoms with Crippen molar-refractivity contribution < 1.29 is 4.79 Å². The first kappa shape index (κ1) is 22.1. The number of pyridine rings is 2. The SMILES string of the molecule is NC(=O)c1cccnc1-c1cccc(-c2nn3ccccc3c2-c2ccnc(Nc3ccccc3)n2)c1. The predicted octanol–water partition coefficient (Wildman–Crippen LogP) is 5.36. The van der Waals surface area contributed by atoms with E-state index in [1.807, 2.05) is 89.6 Å². The monoisotopic (exact) mass is 483 g/mol. The molecule has 4 heterocycles. The van der Waals surface area contributed by atoms with Crippen LogP contribution in [0.5, 0.6) is 0 Å². The molecule has 178 valence electrons. The molecule has 0 aliphatic heterocycles. The summed E-state index contributed by atoms with van der Waals surface area (Å²) in [5.74, 6) is -0.0420. The number of anilines is 2. The van der Waals surface area contributed by atoms with Crippen LogP contribution in [0.25, 0.3) is 39.3 Å². The van der Waals surface area contributed by atoms with Gasteiger partial charge in [0.1, 0.15) is 5.69 Å². The number of hydrogen-bond donors (Lipinski definition) is 2. The Morgan fingerprint density at radius 1 is 0.784 bits per heavy atom. The van der Waals surface area contributed by atoms with E-state index in [0.717, 1.165) is 39.3 Å². The number of carbonyl (C=O) groups is 1. The Kier molecular flexibility index (Phi) is 5.59. The Bertz CT molecular complexity index is 1740. The molecule has 3 N–H and O–H groups in total. The van der Waals surface area contributed by atoms with Crippen LogP contribution in [-0.4, -0.2) is 30.5 Å². The van der Waals surface area contributed by atoms with Crippen LogP contribution in [0, 0.1) is 0 Å². The predicted molar refractivity (Wildman–Crippen MR) is 143 cm³/mol. The van der Waals surface area contributed by atoms with Gasteiger partial charge in [0.05, 0.1) is 28.0 Å². The molecule has 0 spiro atoms. The quantitative estimate of drug-likeness (QED) is 0.330. The minimum atomic E-state index is -0.527. The van der Waals surface area contributed by atoms with Crippen LogP contribution in [0.15, 0.2) is 110 Å². The zero-order valence-electron chi connectivity index (χ0n) is 19.6. The van der Waals surface area contributed by atoms with Crippen molar-refractivity contribution in [2.45, 2.75) is 0 Å².